The van der Waals surface area contributed by atoms with Crippen LogP contribution in [0.3, 0.4) is 0 Å². The number of piperidine rings is 1. The summed E-state index contributed by atoms with van der Waals surface area (Å²) in [7, 11) is 0. The van der Waals surface area contributed by atoms with Gasteiger partial charge in [0.2, 0.25) is 5.91 Å². The van der Waals surface area contributed by atoms with Gasteiger partial charge in [-0.1, -0.05) is 23.2 Å². The largest absolute Gasteiger partial charge is 0.365 e. The molecule has 4 heterocycles. The second-order valence-corrected chi connectivity index (χ2v) is 12.4. The Hall–Kier alpha value is -2.36. The number of likely N-dealkylation sites (tertiary alicyclic amines) is 1. The van der Waals surface area contributed by atoms with Crippen LogP contribution in [0.25, 0.3) is 0 Å². The molecule has 0 radical (unpaired) electrons. The van der Waals surface area contributed by atoms with Crippen LogP contribution in [0.15, 0.2) is 33.4 Å². The molecule has 3 aliphatic rings. The minimum absolute atomic E-state index is 0.0860. The fourth-order valence-corrected chi connectivity index (χ4v) is 7.45. The molecule has 2 saturated heterocycles. The molecule has 1 amide bonds. The lowest BCUT2D eigenvalue weighted by Crippen LogP contribution is -2.41. The van der Waals surface area contributed by atoms with Crippen molar-refractivity contribution in [2.75, 3.05) is 36.8 Å². The van der Waals surface area contributed by atoms with E-state index in [0.717, 1.165) is 74.0 Å². The number of benzene rings is 1. The Morgan fingerprint density at radius 1 is 1.11 bits per heavy atom. The Kier molecular flexibility index (Phi) is 7.26. The van der Waals surface area contributed by atoms with E-state index in [4.69, 9.17) is 38.4 Å². The van der Waals surface area contributed by atoms with Crippen molar-refractivity contribution in [3.8, 4) is 0 Å². The zero-order chi connectivity index (χ0) is 26.4. The van der Waals surface area contributed by atoms with Crippen LogP contribution in [0, 0.1) is 11.8 Å². The number of aryl methyl sites for hydroxylation is 2. The van der Waals surface area contributed by atoms with Crippen molar-refractivity contribution in [3.63, 3.8) is 0 Å². The number of halogens is 3. The SMILES string of the molecule is Nc1noc(N2CCC(CC(=O)N3CCC(C4c5ncc(Br)cc5CCc5cc(Cl)cc(Cl)c54)CC3)C2)n1. The minimum Gasteiger partial charge on any atom is -0.365 e. The van der Waals surface area contributed by atoms with Crippen molar-refractivity contribution in [1.29, 1.82) is 0 Å². The van der Waals surface area contributed by atoms with Gasteiger partial charge >= 0.3 is 6.01 Å². The number of hydrogen-bond acceptors (Lipinski definition) is 7. The number of amides is 1. The predicted octanol–water partition coefficient (Wildman–Crippen LogP) is 5.50. The highest BCUT2D eigenvalue weighted by molar-refractivity contribution is 9.10. The van der Waals surface area contributed by atoms with E-state index in [0.29, 0.717) is 28.4 Å². The second-order valence-electron chi connectivity index (χ2n) is 10.6. The lowest BCUT2D eigenvalue weighted by molar-refractivity contribution is -0.133. The third-order valence-electron chi connectivity index (χ3n) is 8.23. The van der Waals surface area contributed by atoms with Crippen LogP contribution in [-0.4, -0.2) is 52.1 Å². The van der Waals surface area contributed by atoms with E-state index in [1.54, 1.807) is 0 Å². The van der Waals surface area contributed by atoms with Crippen LogP contribution >= 0.6 is 39.1 Å². The van der Waals surface area contributed by atoms with Crippen LogP contribution < -0.4 is 10.6 Å². The molecule has 0 spiro atoms. The van der Waals surface area contributed by atoms with Crippen molar-refractivity contribution in [1.82, 2.24) is 20.0 Å². The molecular weight excluding hydrogens is 591 g/mol. The van der Waals surface area contributed by atoms with E-state index in [2.05, 4.69) is 38.2 Å². The first-order valence-corrected chi connectivity index (χ1v) is 14.6. The molecule has 8 nitrogen and oxygen atoms in total. The zero-order valence-electron chi connectivity index (χ0n) is 20.9. The van der Waals surface area contributed by atoms with E-state index in [1.165, 1.54) is 11.1 Å². The van der Waals surface area contributed by atoms with Crippen molar-refractivity contribution < 1.29 is 9.32 Å². The van der Waals surface area contributed by atoms with E-state index >= 15 is 0 Å². The average Bonchev–Trinajstić information content (AvgIpc) is 3.50. The second kappa shape index (κ2) is 10.7. The van der Waals surface area contributed by atoms with E-state index in [-0.39, 0.29) is 23.7 Å². The van der Waals surface area contributed by atoms with Gasteiger partial charge in [-0.2, -0.15) is 4.98 Å². The highest BCUT2D eigenvalue weighted by Crippen LogP contribution is 2.46. The maximum absolute atomic E-state index is 13.2. The number of pyridine rings is 1. The third-order valence-corrected chi connectivity index (χ3v) is 9.20. The van der Waals surface area contributed by atoms with Gasteiger partial charge in [0.1, 0.15) is 0 Å². The number of hydrogen-bond donors (Lipinski definition) is 1. The molecule has 2 fully saturated rings. The topological polar surface area (TPSA) is 101 Å². The number of aromatic nitrogens is 3. The lowest BCUT2D eigenvalue weighted by Gasteiger charge is -2.37. The van der Waals surface area contributed by atoms with Crippen LogP contribution in [0.2, 0.25) is 10.0 Å². The minimum atomic E-state index is 0.0860. The highest BCUT2D eigenvalue weighted by Gasteiger charge is 2.37. The number of anilines is 2. The number of carbonyl (C=O) groups excluding carboxylic acids is 1. The van der Waals surface area contributed by atoms with Gasteiger partial charge in [0.05, 0.1) is 5.69 Å². The summed E-state index contributed by atoms with van der Waals surface area (Å²) in [5, 5.41) is 5.05. The van der Waals surface area contributed by atoms with Gasteiger partial charge in [0.25, 0.3) is 5.95 Å². The molecule has 38 heavy (non-hydrogen) atoms. The smallest absolute Gasteiger partial charge is 0.325 e. The van der Waals surface area contributed by atoms with Crippen molar-refractivity contribution in [3.05, 3.63) is 61.3 Å². The molecule has 0 bridgehead atoms. The fourth-order valence-electron chi connectivity index (χ4n) is 6.42. The summed E-state index contributed by atoms with van der Waals surface area (Å²) >= 11 is 16.8. The molecule has 2 atom stereocenters. The van der Waals surface area contributed by atoms with Crippen LogP contribution in [-0.2, 0) is 17.6 Å². The van der Waals surface area contributed by atoms with Gasteiger partial charge in [-0.15, -0.1) is 0 Å². The molecule has 6 rings (SSSR count). The molecular formula is C27H29BrCl2N6O2. The Balaban J connectivity index is 1.15. The summed E-state index contributed by atoms with van der Waals surface area (Å²) < 4.78 is 6.17. The molecule has 3 aromatic rings. The summed E-state index contributed by atoms with van der Waals surface area (Å²) in [6, 6.07) is 6.53. The van der Waals surface area contributed by atoms with E-state index in [1.807, 2.05) is 22.1 Å². The Morgan fingerprint density at radius 3 is 2.66 bits per heavy atom. The molecule has 1 aromatic carbocycles. The maximum Gasteiger partial charge on any atom is 0.325 e. The standard InChI is InChI=1S/C27H29BrCl2N6O2/c28-19-10-18-2-1-17-11-20(29)12-21(30)23(17)24(25(18)32-13-19)16-4-7-35(8-5-16)22(37)9-15-3-6-36(14-15)27-33-26(31)34-38-27/h10-13,15-16,24H,1-9,14H2,(H2,31,34). The van der Waals surface area contributed by atoms with Crippen LogP contribution in [0.5, 0.6) is 0 Å². The summed E-state index contributed by atoms with van der Waals surface area (Å²) in [4.78, 5) is 26.3. The summed E-state index contributed by atoms with van der Waals surface area (Å²) in [6.45, 7) is 2.99. The maximum atomic E-state index is 13.2. The predicted molar refractivity (Wildman–Crippen MR) is 151 cm³/mol. The summed E-state index contributed by atoms with van der Waals surface area (Å²) in [5.74, 6) is 1.04. The number of carbonyl (C=O) groups is 1. The Labute approximate surface area is 240 Å². The van der Waals surface area contributed by atoms with Crippen LogP contribution in [0.1, 0.15) is 54.0 Å². The number of nitrogen functional groups attached to an aromatic ring is 1. The molecule has 2 unspecified atom stereocenters. The number of rotatable bonds is 4. The Bertz CT molecular complexity index is 1360. The first kappa shape index (κ1) is 25.9. The van der Waals surface area contributed by atoms with Gasteiger partial charge in [-0.05, 0) is 99.9 Å². The first-order chi connectivity index (χ1) is 18.4. The van der Waals surface area contributed by atoms with E-state index < -0.39 is 0 Å². The summed E-state index contributed by atoms with van der Waals surface area (Å²) in [5.41, 5.74) is 10.3. The van der Waals surface area contributed by atoms with Gasteiger partial charge in [0.15, 0.2) is 0 Å². The fraction of sp³-hybridized carbons (Fsp3) is 0.481. The van der Waals surface area contributed by atoms with Gasteiger partial charge in [-0.3, -0.25) is 9.78 Å². The summed E-state index contributed by atoms with van der Waals surface area (Å²) in [6.07, 6.45) is 6.92. The van der Waals surface area contributed by atoms with Crippen molar-refractivity contribution in [2.45, 2.75) is 44.4 Å². The van der Waals surface area contributed by atoms with Gasteiger partial charge in [0, 0.05) is 59.2 Å². The van der Waals surface area contributed by atoms with E-state index in [9.17, 15) is 4.79 Å². The monoisotopic (exact) mass is 618 g/mol. The normalized spacial score (nSPS) is 21.8. The highest BCUT2D eigenvalue weighted by atomic mass is 79.9. The lowest BCUT2D eigenvalue weighted by atomic mass is 9.76. The van der Waals surface area contributed by atoms with Gasteiger partial charge < -0.3 is 20.1 Å². The zero-order valence-corrected chi connectivity index (χ0v) is 24.0. The molecule has 0 saturated carbocycles. The average molecular weight is 620 g/mol. The molecule has 200 valence electrons. The molecule has 1 aliphatic carbocycles. The first-order valence-electron chi connectivity index (χ1n) is 13.1. The molecule has 11 heteroatoms. The van der Waals surface area contributed by atoms with Crippen molar-refractivity contribution in [2.24, 2.45) is 11.8 Å². The third kappa shape index (κ3) is 5.12. The van der Waals surface area contributed by atoms with Crippen LogP contribution in [0.4, 0.5) is 12.0 Å². The quantitative estimate of drug-likeness (QED) is 0.411. The number of nitrogens with zero attached hydrogens (tertiary/aromatic N) is 5. The van der Waals surface area contributed by atoms with Gasteiger partial charge in [-0.25, -0.2) is 0 Å². The molecule has 2 aliphatic heterocycles. The number of nitrogens with two attached hydrogens (primary N) is 1. The molecule has 2 N–H and O–H groups in total. The molecule has 2 aromatic heterocycles. The number of fused-ring (bicyclic) bond motifs is 2. The van der Waals surface area contributed by atoms with Crippen molar-refractivity contribution >= 4 is 57.0 Å². The Morgan fingerprint density at radius 2 is 1.89 bits per heavy atom.